The van der Waals surface area contributed by atoms with Crippen LogP contribution in [0, 0.1) is 5.82 Å². The summed E-state index contributed by atoms with van der Waals surface area (Å²) < 4.78 is 16.4. The molecule has 2 rings (SSSR count). The topological polar surface area (TPSA) is 17.8 Å². The highest BCUT2D eigenvalue weighted by molar-refractivity contribution is 9.10. The van der Waals surface area contributed by atoms with Crippen molar-refractivity contribution in [2.45, 2.75) is 25.8 Å². The fourth-order valence-electron chi connectivity index (χ4n) is 2.31. The van der Waals surface area contributed by atoms with E-state index in [1.807, 2.05) is 11.8 Å². The minimum absolute atomic E-state index is 0.256. The van der Waals surface area contributed by atoms with Crippen LogP contribution in [-0.4, -0.2) is 27.4 Å². The zero-order valence-electron chi connectivity index (χ0n) is 11.5. The number of halogens is 3. The van der Waals surface area contributed by atoms with Gasteiger partial charge in [-0.3, -0.25) is 0 Å². The van der Waals surface area contributed by atoms with Crippen molar-refractivity contribution in [3.8, 4) is 0 Å². The van der Waals surface area contributed by atoms with E-state index in [-0.39, 0.29) is 11.9 Å². The average molecular weight is 380 g/mol. The number of hydrogen-bond acceptors (Lipinski definition) is 2. The number of benzene rings is 1. The summed E-state index contributed by atoms with van der Waals surface area (Å²) in [6.45, 7) is 2.15. The minimum atomic E-state index is -0.256. The molecule has 0 aliphatic heterocycles. The summed E-state index contributed by atoms with van der Waals surface area (Å²) in [5.74, 6) is 2.26. The minimum Gasteiger partial charge on any atom is -0.325 e. The van der Waals surface area contributed by atoms with E-state index >= 15 is 0 Å². The molecule has 1 aromatic heterocycles. The first-order valence-corrected chi connectivity index (χ1v) is 9.21. The van der Waals surface area contributed by atoms with Gasteiger partial charge in [0.15, 0.2) is 0 Å². The van der Waals surface area contributed by atoms with E-state index < -0.39 is 0 Å². The van der Waals surface area contributed by atoms with Crippen LogP contribution < -0.4 is 0 Å². The average Bonchev–Trinajstić information content (AvgIpc) is 2.74. The molecule has 0 spiro atoms. The zero-order chi connectivity index (χ0) is 14.7. The molecule has 1 atom stereocenters. The van der Waals surface area contributed by atoms with Gasteiger partial charge in [0.1, 0.15) is 11.6 Å². The number of aryl methyl sites for hydroxylation is 1. The van der Waals surface area contributed by atoms with E-state index in [9.17, 15) is 4.39 Å². The maximum Gasteiger partial charge on any atom is 0.139 e. The Balaban J connectivity index is 2.52. The van der Waals surface area contributed by atoms with Crippen molar-refractivity contribution in [2.24, 2.45) is 0 Å². The van der Waals surface area contributed by atoms with Crippen LogP contribution in [0.25, 0.3) is 11.0 Å². The van der Waals surface area contributed by atoms with Crippen molar-refractivity contribution in [3.63, 3.8) is 0 Å². The monoisotopic (exact) mass is 378 g/mol. The predicted molar refractivity (Wildman–Crippen MR) is 89.5 cm³/mol. The molecule has 1 heterocycles. The molecule has 0 amide bonds. The number of rotatable bonds is 6. The van der Waals surface area contributed by atoms with Gasteiger partial charge < -0.3 is 4.57 Å². The molecule has 2 nitrogen and oxygen atoms in total. The first-order chi connectivity index (χ1) is 9.58. The van der Waals surface area contributed by atoms with Crippen LogP contribution in [0.15, 0.2) is 16.6 Å². The van der Waals surface area contributed by atoms with Crippen LogP contribution in [0.5, 0.6) is 0 Å². The number of hydrogen-bond donors (Lipinski definition) is 0. The Morgan fingerprint density at radius 1 is 1.50 bits per heavy atom. The Labute approximate surface area is 136 Å². The number of thioether (sulfide) groups is 1. The molecule has 0 fully saturated rings. The number of aromatic nitrogens is 2. The lowest BCUT2D eigenvalue weighted by atomic mass is 10.2. The fourth-order valence-corrected chi connectivity index (χ4v) is 3.39. The molecule has 6 heteroatoms. The summed E-state index contributed by atoms with van der Waals surface area (Å²) >= 11 is 10.9. The Hall–Kier alpha value is -0.260. The predicted octanol–water partition coefficient (Wildman–Crippen LogP) is 5.03. The molecule has 0 bridgehead atoms. The summed E-state index contributed by atoms with van der Waals surface area (Å²) in [4.78, 5) is 4.61. The lowest BCUT2D eigenvalue weighted by molar-refractivity contribution is 0.527. The molecular formula is C14H17BrClFN2S. The fraction of sp³-hybridized carbons (Fsp3) is 0.500. The van der Waals surface area contributed by atoms with E-state index in [0.717, 1.165) is 29.0 Å². The first kappa shape index (κ1) is 16.1. The van der Waals surface area contributed by atoms with Crippen molar-refractivity contribution in [1.29, 1.82) is 0 Å². The van der Waals surface area contributed by atoms with Gasteiger partial charge in [-0.2, -0.15) is 11.8 Å². The van der Waals surface area contributed by atoms with E-state index in [2.05, 4.69) is 38.7 Å². The Kier molecular flexibility index (Phi) is 5.75. The highest BCUT2D eigenvalue weighted by Gasteiger charge is 2.17. The van der Waals surface area contributed by atoms with E-state index in [4.69, 9.17) is 11.6 Å². The molecule has 2 aromatic rings. The Morgan fingerprint density at radius 2 is 2.25 bits per heavy atom. The van der Waals surface area contributed by atoms with Gasteiger partial charge in [0.25, 0.3) is 0 Å². The third kappa shape index (κ3) is 3.31. The lowest BCUT2D eigenvalue weighted by Crippen LogP contribution is -2.11. The summed E-state index contributed by atoms with van der Waals surface area (Å²) in [5, 5.41) is 0. The molecular weight excluding hydrogens is 363 g/mol. The second-order valence-corrected chi connectivity index (χ2v) is 6.94. The largest absolute Gasteiger partial charge is 0.325 e. The second-order valence-electron chi connectivity index (χ2n) is 4.72. The third-order valence-corrected chi connectivity index (χ3v) is 4.74. The Morgan fingerprint density at radius 3 is 2.90 bits per heavy atom. The molecule has 0 radical (unpaired) electrons. The van der Waals surface area contributed by atoms with Gasteiger partial charge in [0, 0.05) is 24.4 Å². The van der Waals surface area contributed by atoms with Gasteiger partial charge in [-0.05, 0) is 47.3 Å². The SMILES string of the molecule is CSCCC(C)n1c(CCCl)nc2cc(Br)c(F)cc21. The lowest BCUT2D eigenvalue weighted by Gasteiger charge is -2.17. The van der Waals surface area contributed by atoms with Gasteiger partial charge in [-0.1, -0.05) is 0 Å². The zero-order valence-corrected chi connectivity index (χ0v) is 14.7. The van der Waals surface area contributed by atoms with Crippen molar-refractivity contribution < 1.29 is 4.39 Å². The van der Waals surface area contributed by atoms with Gasteiger partial charge in [0.05, 0.1) is 15.5 Å². The standard InChI is InChI=1S/C14H17BrClFN2S/c1-9(4-6-20-2)19-13-8-11(17)10(15)7-12(13)18-14(19)3-5-16/h7-9H,3-6H2,1-2H3. The van der Waals surface area contributed by atoms with Gasteiger partial charge >= 0.3 is 0 Å². The van der Waals surface area contributed by atoms with Gasteiger partial charge in [0.2, 0.25) is 0 Å². The number of alkyl halides is 1. The van der Waals surface area contributed by atoms with E-state index in [0.29, 0.717) is 16.8 Å². The highest BCUT2D eigenvalue weighted by atomic mass is 79.9. The molecule has 20 heavy (non-hydrogen) atoms. The molecule has 110 valence electrons. The van der Waals surface area contributed by atoms with Crippen molar-refractivity contribution in [3.05, 3.63) is 28.2 Å². The normalized spacial score (nSPS) is 13.1. The smallest absolute Gasteiger partial charge is 0.139 e. The quantitative estimate of drug-likeness (QED) is 0.655. The van der Waals surface area contributed by atoms with E-state index in [1.165, 1.54) is 0 Å². The van der Waals surface area contributed by atoms with Crippen LogP contribution in [0.3, 0.4) is 0 Å². The van der Waals surface area contributed by atoms with Crippen molar-refractivity contribution in [2.75, 3.05) is 17.9 Å². The number of imidazole rings is 1. The summed E-state index contributed by atoms with van der Waals surface area (Å²) in [6, 6.07) is 3.58. The second kappa shape index (κ2) is 7.14. The third-order valence-electron chi connectivity index (χ3n) is 3.30. The summed E-state index contributed by atoms with van der Waals surface area (Å²) in [5.41, 5.74) is 1.66. The van der Waals surface area contributed by atoms with Crippen LogP contribution >= 0.6 is 39.3 Å². The number of nitrogens with zero attached hydrogens (tertiary/aromatic N) is 2. The van der Waals surface area contributed by atoms with Crippen LogP contribution in [0.4, 0.5) is 4.39 Å². The molecule has 0 N–H and O–H groups in total. The van der Waals surface area contributed by atoms with E-state index in [1.54, 1.807) is 12.1 Å². The molecule has 0 aliphatic carbocycles. The van der Waals surface area contributed by atoms with Crippen LogP contribution in [0.1, 0.15) is 25.2 Å². The van der Waals surface area contributed by atoms with Gasteiger partial charge in [-0.25, -0.2) is 9.37 Å². The molecule has 0 aliphatic rings. The molecule has 0 saturated heterocycles. The maximum absolute atomic E-state index is 13.8. The van der Waals surface area contributed by atoms with Gasteiger partial charge in [-0.15, -0.1) is 11.6 Å². The maximum atomic E-state index is 13.8. The molecule has 0 saturated carbocycles. The van der Waals surface area contributed by atoms with Crippen LogP contribution in [-0.2, 0) is 6.42 Å². The molecule has 1 aromatic carbocycles. The Bertz CT molecular complexity index is 602. The summed E-state index contributed by atoms with van der Waals surface area (Å²) in [6.07, 6.45) is 3.81. The van der Waals surface area contributed by atoms with Crippen molar-refractivity contribution >= 4 is 50.3 Å². The van der Waals surface area contributed by atoms with Crippen molar-refractivity contribution in [1.82, 2.24) is 9.55 Å². The first-order valence-electron chi connectivity index (χ1n) is 6.49. The number of fused-ring (bicyclic) bond motifs is 1. The van der Waals surface area contributed by atoms with Crippen LogP contribution in [0.2, 0.25) is 0 Å². The highest BCUT2D eigenvalue weighted by Crippen LogP contribution is 2.28. The summed E-state index contributed by atoms with van der Waals surface area (Å²) in [7, 11) is 0. The molecule has 1 unspecified atom stereocenters.